The highest BCUT2D eigenvalue weighted by molar-refractivity contribution is 5.70. The average Bonchev–Trinajstić information content (AvgIpc) is 2.67. The molecule has 0 aliphatic carbocycles. The van der Waals surface area contributed by atoms with Gasteiger partial charge in [0.15, 0.2) is 0 Å². The van der Waals surface area contributed by atoms with E-state index >= 15 is 0 Å². The first kappa shape index (κ1) is 27.7. The number of carbonyl (C=O) groups excluding carboxylic acids is 1. The number of pyridine rings is 1. The summed E-state index contributed by atoms with van der Waals surface area (Å²) in [5, 5.41) is 0. The molecule has 0 saturated carbocycles. The zero-order valence-corrected chi connectivity index (χ0v) is 17.6. The summed E-state index contributed by atoms with van der Waals surface area (Å²) in [4.78, 5) is 13.6. The Balaban J connectivity index is -0.000000412. The molecule has 1 heterocycles. The Morgan fingerprint density at radius 2 is 1.24 bits per heavy atom. The summed E-state index contributed by atoms with van der Waals surface area (Å²) in [5.74, 6) is -0.333. The van der Waals surface area contributed by atoms with Crippen molar-refractivity contribution >= 4 is 5.91 Å². The van der Waals surface area contributed by atoms with E-state index in [-0.39, 0.29) is 11.3 Å². The molecule has 1 aromatic heterocycles. The Hall–Kier alpha value is -2.16. The van der Waals surface area contributed by atoms with Gasteiger partial charge in [-0.1, -0.05) is 91.8 Å². The van der Waals surface area contributed by atoms with Gasteiger partial charge in [-0.05, 0) is 17.7 Å². The van der Waals surface area contributed by atoms with E-state index in [2.05, 4.69) is 54.9 Å². The van der Waals surface area contributed by atoms with Gasteiger partial charge in [-0.15, -0.1) is 0 Å². The number of amides is 1. The fourth-order valence-corrected chi connectivity index (χ4v) is 1.74. The van der Waals surface area contributed by atoms with Crippen LogP contribution in [0.4, 0.5) is 0 Å². The lowest BCUT2D eigenvalue weighted by molar-refractivity contribution is -0.115. The van der Waals surface area contributed by atoms with Gasteiger partial charge in [-0.2, -0.15) is 0 Å². The highest BCUT2D eigenvalue weighted by Crippen LogP contribution is 2.29. The van der Waals surface area contributed by atoms with Gasteiger partial charge in [0, 0.05) is 18.5 Å². The quantitative estimate of drug-likeness (QED) is 0.727. The average molecular weight is 347 g/mol. The molecule has 3 nitrogen and oxygen atoms in total. The Morgan fingerprint density at radius 3 is 1.60 bits per heavy atom. The van der Waals surface area contributed by atoms with Crippen molar-refractivity contribution in [3.05, 3.63) is 66.0 Å². The van der Waals surface area contributed by atoms with Crippen LogP contribution in [0.25, 0.3) is 0 Å². The Kier molecular flexibility index (Phi) is 20.1. The van der Waals surface area contributed by atoms with Crippen LogP contribution < -0.4 is 5.73 Å². The maximum Gasteiger partial charge on any atom is 0.214 e. The van der Waals surface area contributed by atoms with Gasteiger partial charge in [0.2, 0.25) is 5.91 Å². The minimum Gasteiger partial charge on any atom is -0.370 e. The van der Waals surface area contributed by atoms with Crippen LogP contribution in [0.3, 0.4) is 0 Å². The summed E-state index contributed by atoms with van der Waals surface area (Å²) in [6.45, 7) is 17.7. The number of carbonyl (C=O) groups is 1. The molecule has 2 aromatic rings. The van der Waals surface area contributed by atoms with E-state index in [1.54, 1.807) is 0 Å². The number of primary amides is 1. The van der Waals surface area contributed by atoms with Crippen molar-refractivity contribution < 1.29 is 4.79 Å². The Bertz CT molecular complexity index is 463. The molecule has 0 aliphatic heterocycles. The summed E-state index contributed by atoms with van der Waals surface area (Å²) < 4.78 is 0. The van der Waals surface area contributed by atoms with Crippen LogP contribution in [0, 0.1) is 0 Å². The molecule has 0 fully saturated rings. The van der Waals surface area contributed by atoms with E-state index in [1.165, 1.54) is 12.5 Å². The lowest BCUT2D eigenvalue weighted by atomic mass is 9.81. The van der Waals surface area contributed by atoms with Crippen LogP contribution in [0.2, 0.25) is 0 Å². The van der Waals surface area contributed by atoms with E-state index in [1.807, 2.05) is 65.9 Å². The number of nitrogens with two attached hydrogens (primary N) is 1. The first-order valence-corrected chi connectivity index (χ1v) is 9.17. The summed E-state index contributed by atoms with van der Waals surface area (Å²) in [5.41, 5.74) is 6.85. The second-order valence-electron chi connectivity index (χ2n) is 4.82. The van der Waals surface area contributed by atoms with E-state index in [0.717, 1.165) is 5.69 Å². The largest absolute Gasteiger partial charge is 0.370 e. The van der Waals surface area contributed by atoms with Crippen LogP contribution in [-0.2, 0) is 10.2 Å². The zero-order chi connectivity index (χ0) is 20.3. The van der Waals surface area contributed by atoms with Gasteiger partial charge in [-0.25, -0.2) is 0 Å². The predicted molar refractivity (Wildman–Crippen MR) is 112 cm³/mol. The minimum absolute atomic E-state index is 0.0253. The molecule has 0 radical (unpaired) electrons. The Morgan fingerprint density at radius 1 is 0.840 bits per heavy atom. The van der Waals surface area contributed by atoms with Crippen molar-refractivity contribution in [2.45, 2.75) is 67.7 Å². The topological polar surface area (TPSA) is 56.0 Å². The smallest absolute Gasteiger partial charge is 0.214 e. The first-order chi connectivity index (χ1) is 11.9. The molecule has 1 aromatic carbocycles. The summed E-state index contributed by atoms with van der Waals surface area (Å²) in [7, 11) is 0. The predicted octanol–water partition coefficient (Wildman–Crippen LogP) is 5.98. The maximum absolute atomic E-state index is 9.22. The van der Waals surface area contributed by atoms with Crippen molar-refractivity contribution in [2.24, 2.45) is 5.73 Å². The highest BCUT2D eigenvalue weighted by atomic mass is 16.1. The molecular formula is C22H38N2O. The number of nitrogens with zero attached hydrogens (tertiary/aromatic N) is 1. The molecule has 0 bridgehead atoms. The molecule has 0 aliphatic rings. The number of benzene rings is 1. The number of hydrogen-bond donors (Lipinski definition) is 1. The molecule has 25 heavy (non-hydrogen) atoms. The normalized spacial score (nSPS) is 8.52. The van der Waals surface area contributed by atoms with Gasteiger partial charge in [0.05, 0.1) is 5.69 Å². The number of hydrogen-bond acceptors (Lipinski definition) is 2. The highest BCUT2D eigenvalue weighted by Gasteiger charge is 2.23. The standard InChI is InChI=1S/C14H15N.C2H5NO.3C2H6/c1-14(2,12-8-4-3-5-9-12)13-10-6-7-11-15-13;1-2(3)4;3*1-2/h3-11H,1-2H3;1H3,(H2,3,4);3*1-2H3. The molecule has 0 spiro atoms. The second kappa shape index (κ2) is 18.2. The molecule has 3 heteroatoms. The monoisotopic (exact) mass is 346 g/mol. The SMILES string of the molecule is CC.CC.CC.CC(C)(c1ccccc1)c1ccccn1.CC(N)=O. The summed E-state index contributed by atoms with van der Waals surface area (Å²) in [6, 6.07) is 16.5. The fourth-order valence-electron chi connectivity index (χ4n) is 1.74. The molecular weight excluding hydrogens is 308 g/mol. The second-order valence-corrected chi connectivity index (χ2v) is 4.82. The minimum atomic E-state index is -0.333. The van der Waals surface area contributed by atoms with Crippen LogP contribution >= 0.6 is 0 Å². The molecule has 2 rings (SSSR count). The van der Waals surface area contributed by atoms with E-state index in [4.69, 9.17) is 0 Å². The summed E-state index contributed by atoms with van der Waals surface area (Å²) in [6.07, 6.45) is 1.85. The lowest BCUT2D eigenvalue weighted by Crippen LogP contribution is -2.20. The Labute approximate surface area is 155 Å². The van der Waals surface area contributed by atoms with Crippen molar-refractivity contribution in [2.75, 3.05) is 0 Å². The van der Waals surface area contributed by atoms with Crippen LogP contribution in [0.15, 0.2) is 54.7 Å². The third kappa shape index (κ3) is 12.9. The lowest BCUT2D eigenvalue weighted by Gasteiger charge is -2.24. The van der Waals surface area contributed by atoms with Crippen molar-refractivity contribution in [3.8, 4) is 0 Å². The van der Waals surface area contributed by atoms with Crippen molar-refractivity contribution in [1.29, 1.82) is 0 Å². The van der Waals surface area contributed by atoms with Gasteiger partial charge in [0.1, 0.15) is 0 Å². The van der Waals surface area contributed by atoms with Gasteiger partial charge < -0.3 is 5.73 Å². The third-order valence-corrected chi connectivity index (χ3v) is 2.80. The van der Waals surface area contributed by atoms with Gasteiger partial charge in [0.25, 0.3) is 0 Å². The van der Waals surface area contributed by atoms with Crippen molar-refractivity contribution in [1.82, 2.24) is 4.98 Å². The molecule has 0 saturated heterocycles. The zero-order valence-electron chi connectivity index (χ0n) is 17.6. The number of rotatable bonds is 2. The number of aromatic nitrogens is 1. The molecule has 2 N–H and O–H groups in total. The van der Waals surface area contributed by atoms with E-state index in [0.29, 0.717) is 0 Å². The summed E-state index contributed by atoms with van der Waals surface area (Å²) >= 11 is 0. The van der Waals surface area contributed by atoms with Gasteiger partial charge >= 0.3 is 0 Å². The van der Waals surface area contributed by atoms with Crippen LogP contribution in [0.1, 0.15) is 73.6 Å². The molecule has 0 unspecified atom stereocenters. The maximum atomic E-state index is 9.22. The third-order valence-electron chi connectivity index (χ3n) is 2.80. The molecule has 142 valence electrons. The van der Waals surface area contributed by atoms with E-state index in [9.17, 15) is 4.79 Å². The molecule has 1 amide bonds. The van der Waals surface area contributed by atoms with Gasteiger partial charge in [-0.3, -0.25) is 9.78 Å². The first-order valence-electron chi connectivity index (χ1n) is 9.17. The van der Waals surface area contributed by atoms with E-state index < -0.39 is 0 Å². The van der Waals surface area contributed by atoms with Crippen LogP contribution in [-0.4, -0.2) is 10.9 Å². The molecule has 0 atom stereocenters. The van der Waals surface area contributed by atoms with Crippen molar-refractivity contribution in [3.63, 3.8) is 0 Å². The fraction of sp³-hybridized carbons (Fsp3) is 0.455. The van der Waals surface area contributed by atoms with Crippen LogP contribution in [0.5, 0.6) is 0 Å².